The van der Waals surface area contributed by atoms with Crippen molar-refractivity contribution >= 4 is 23.4 Å². The Labute approximate surface area is 116 Å². The second kappa shape index (κ2) is 5.75. The lowest BCUT2D eigenvalue weighted by atomic mass is 10.2. The third-order valence-corrected chi connectivity index (χ3v) is 3.64. The summed E-state index contributed by atoms with van der Waals surface area (Å²) in [6.45, 7) is 2.06. The molecule has 4 nitrogen and oxygen atoms in total. The lowest BCUT2D eigenvalue weighted by Crippen LogP contribution is -2.13. The summed E-state index contributed by atoms with van der Waals surface area (Å²) in [4.78, 5) is 15.4. The summed E-state index contributed by atoms with van der Waals surface area (Å²) in [6.07, 6.45) is 1.47. The topological polar surface area (TPSA) is 82.0 Å². The van der Waals surface area contributed by atoms with Crippen LogP contribution in [0.15, 0.2) is 41.6 Å². The third kappa shape index (κ3) is 3.48. The van der Waals surface area contributed by atoms with E-state index >= 15 is 0 Å². The molecule has 0 fully saturated rings. The number of nitrogens with two attached hydrogens (primary N) is 2. The smallest absolute Gasteiger partial charge is 0.250 e. The van der Waals surface area contributed by atoms with Gasteiger partial charge in [-0.3, -0.25) is 4.79 Å². The van der Waals surface area contributed by atoms with Crippen LogP contribution in [-0.2, 0) is 5.75 Å². The molecule has 1 aromatic heterocycles. The summed E-state index contributed by atoms with van der Waals surface area (Å²) in [5.41, 5.74) is 14.0. The van der Waals surface area contributed by atoms with Crippen LogP contribution in [0.1, 0.15) is 21.5 Å². The van der Waals surface area contributed by atoms with E-state index in [1.807, 2.05) is 6.07 Å². The van der Waals surface area contributed by atoms with Crippen molar-refractivity contribution in [2.75, 3.05) is 5.73 Å². The number of amides is 1. The number of aromatic nitrogens is 1. The molecule has 0 spiro atoms. The van der Waals surface area contributed by atoms with Crippen molar-refractivity contribution in [1.82, 2.24) is 4.98 Å². The van der Waals surface area contributed by atoms with Crippen molar-refractivity contribution in [2.45, 2.75) is 17.7 Å². The number of rotatable bonds is 4. The number of nitrogen functional groups attached to an aromatic ring is 1. The molecule has 1 heterocycles. The molecule has 2 aromatic rings. The minimum Gasteiger partial charge on any atom is -0.397 e. The lowest BCUT2D eigenvalue weighted by molar-refractivity contribution is 0.100. The first-order valence-corrected chi connectivity index (χ1v) is 6.78. The Hall–Kier alpha value is -2.01. The van der Waals surface area contributed by atoms with E-state index in [9.17, 15) is 4.79 Å². The van der Waals surface area contributed by atoms with Gasteiger partial charge in [-0.05, 0) is 18.6 Å². The average Bonchev–Trinajstić information content (AvgIpc) is 2.37. The van der Waals surface area contributed by atoms with E-state index in [-0.39, 0.29) is 0 Å². The number of primary amides is 1. The van der Waals surface area contributed by atoms with Gasteiger partial charge in [0, 0.05) is 5.75 Å². The van der Waals surface area contributed by atoms with Crippen LogP contribution in [0.2, 0.25) is 0 Å². The number of nitrogens with zero attached hydrogens (tertiary/aromatic N) is 1. The molecule has 0 atom stereocenters. The standard InChI is InChI=1S/C14H15N3OS/c1-9-3-2-4-10(5-9)8-19-13-6-11(14(16)18)12(15)7-17-13/h2-7H,8,15H2,1H3,(H2,16,18). The Morgan fingerprint density at radius 1 is 1.37 bits per heavy atom. The molecular weight excluding hydrogens is 258 g/mol. The van der Waals surface area contributed by atoms with Gasteiger partial charge in [-0.15, -0.1) is 11.8 Å². The summed E-state index contributed by atoms with van der Waals surface area (Å²) in [7, 11) is 0. The van der Waals surface area contributed by atoms with Gasteiger partial charge in [0.1, 0.15) is 0 Å². The molecule has 0 aliphatic carbocycles. The summed E-state index contributed by atoms with van der Waals surface area (Å²) in [5, 5.41) is 0.740. The normalized spacial score (nSPS) is 10.4. The summed E-state index contributed by atoms with van der Waals surface area (Å²) in [5.74, 6) is 0.258. The minimum atomic E-state index is -0.530. The molecule has 2 rings (SSSR count). The number of pyridine rings is 1. The molecule has 5 heteroatoms. The average molecular weight is 273 g/mol. The highest BCUT2D eigenvalue weighted by Crippen LogP contribution is 2.23. The van der Waals surface area contributed by atoms with Gasteiger partial charge in [-0.25, -0.2) is 4.98 Å². The number of hydrogen-bond acceptors (Lipinski definition) is 4. The van der Waals surface area contributed by atoms with Crippen molar-refractivity contribution in [1.29, 1.82) is 0 Å². The Kier molecular flexibility index (Phi) is 4.06. The Bertz CT molecular complexity index is 613. The van der Waals surface area contributed by atoms with Gasteiger partial charge in [0.15, 0.2) is 0 Å². The largest absolute Gasteiger partial charge is 0.397 e. The van der Waals surface area contributed by atoms with E-state index in [4.69, 9.17) is 11.5 Å². The number of hydrogen-bond donors (Lipinski definition) is 2. The van der Waals surface area contributed by atoms with Gasteiger partial charge in [0.05, 0.1) is 22.5 Å². The zero-order chi connectivity index (χ0) is 13.8. The number of aryl methyl sites for hydroxylation is 1. The van der Waals surface area contributed by atoms with Crippen LogP contribution in [-0.4, -0.2) is 10.9 Å². The van der Waals surface area contributed by atoms with E-state index in [0.717, 1.165) is 10.8 Å². The van der Waals surface area contributed by atoms with E-state index in [0.29, 0.717) is 11.3 Å². The number of thioether (sulfide) groups is 1. The fraction of sp³-hybridized carbons (Fsp3) is 0.143. The first kappa shape index (κ1) is 13.4. The third-order valence-electron chi connectivity index (χ3n) is 2.64. The SMILES string of the molecule is Cc1cccc(CSc2cc(C(N)=O)c(N)cn2)c1. The van der Waals surface area contributed by atoms with Crippen LogP contribution in [0.3, 0.4) is 0 Å². The molecule has 0 radical (unpaired) electrons. The molecule has 0 unspecified atom stereocenters. The maximum absolute atomic E-state index is 11.2. The maximum atomic E-state index is 11.2. The number of anilines is 1. The number of carbonyl (C=O) groups is 1. The lowest BCUT2D eigenvalue weighted by Gasteiger charge is -2.05. The molecule has 1 amide bonds. The van der Waals surface area contributed by atoms with E-state index in [1.54, 1.807) is 17.8 Å². The Balaban J connectivity index is 2.12. The van der Waals surface area contributed by atoms with Crippen molar-refractivity contribution < 1.29 is 4.79 Å². The minimum absolute atomic E-state index is 0.312. The second-order valence-corrected chi connectivity index (χ2v) is 5.25. The highest BCUT2D eigenvalue weighted by molar-refractivity contribution is 7.98. The second-order valence-electron chi connectivity index (χ2n) is 4.25. The molecule has 1 aromatic carbocycles. The van der Waals surface area contributed by atoms with Gasteiger partial charge < -0.3 is 11.5 Å². The molecule has 0 bridgehead atoms. The summed E-state index contributed by atoms with van der Waals surface area (Å²) < 4.78 is 0. The summed E-state index contributed by atoms with van der Waals surface area (Å²) >= 11 is 1.55. The van der Waals surface area contributed by atoms with Crippen molar-refractivity contribution in [2.24, 2.45) is 5.73 Å². The van der Waals surface area contributed by atoms with Gasteiger partial charge in [-0.2, -0.15) is 0 Å². The van der Waals surface area contributed by atoms with Crippen molar-refractivity contribution in [3.63, 3.8) is 0 Å². The molecule has 98 valence electrons. The summed E-state index contributed by atoms with van der Waals surface area (Å²) in [6, 6.07) is 9.90. The van der Waals surface area contributed by atoms with Crippen LogP contribution < -0.4 is 11.5 Å². The Morgan fingerprint density at radius 3 is 2.84 bits per heavy atom. The molecule has 0 saturated carbocycles. The van der Waals surface area contributed by atoms with Crippen LogP contribution in [0, 0.1) is 6.92 Å². The van der Waals surface area contributed by atoms with Gasteiger partial charge in [0.2, 0.25) is 0 Å². The maximum Gasteiger partial charge on any atom is 0.250 e. The molecule has 0 aliphatic rings. The fourth-order valence-corrected chi connectivity index (χ4v) is 2.52. The Morgan fingerprint density at radius 2 is 2.16 bits per heavy atom. The first-order valence-electron chi connectivity index (χ1n) is 5.80. The van der Waals surface area contributed by atoms with Crippen molar-refractivity contribution in [3.8, 4) is 0 Å². The van der Waals surface area contributed by atoms with Gasteiger partial charge in [-0.1, -0.05) is 29.8 Å². The van der Waals surface area contributed by atoms with Crippen molar-refractivity contribution in [3.05, 3.63) is 53.2 Å². The van der Waals surface area contributed by atoms with E-state index < -0.39 is 5.91 Å². The van der Waals surface area contributed by atoms with Crippen LogP contribution in [0.5, 0.6) is 0 Å². The molecule has 0 saturated heterocycles. The van der Waals surface area contributed by atoms with Crippen LogP contribution in [0.4, 0.5) is 5.69 Å². The number of benzene rings is 1. The van der Waals surface area contributed by atoms with Gasteiger partial charge in [0.25, 0.3) is 5.91 Å². The fourth-order valence-electron chi connectivity index (χ4n) is 1.70. The molecule has 19 heavy (non-hydrogen) atoms. The van der Waals surface area contributed by atoms with Gasteiger partial charge >= 0.3 is 0 Å². The predicted octanol–water partition coefficient (Wildman–Crippen LogP) is 2.36. The predicted molar refractivity (Wildman–Crippen MR) is 77.9 cm³/mol. The van der Waals surface area contributed by atoms with Crippen LogP contribution >= 0.6 is 11.8 Å². The highest BCUT2D eigenvalue weighted by Gasteiger charge is 2.08. The highest BCUT2D eigenvalue weighted by atomic mass is 32.2. The zero-order valence-electron chi connectivity index (χ0n) is 10.6. The first-order chi connectivity index (χ1) is 9.06. The molecule has 4 N–H and O–H groups in total. The van der Waals surface area contributed by atoms with Crippen LogP contribution in [0.25, 0.3) is 0 Å². The van der Waals surface area contributed by atoms with E-state index in [2.05, 4.69) is 30.1 Å². The number of carbonyl (C=O) groups excluding carboxylic acids is 1. The molecule has 0 aliphatic heterocycles. The quantitative estimate of drug-likeness (QED) is 0.838. The monoisotopic (exact) mass is 273 g/mol. The van der Waals surface area contributed by atoms with E-state index in [1.165, 1.54) is 17.3 Å². The molecular formula is C14H15N3OS. The zero-order valence-corrected chi connectivity index (χ0v) is 11.4.